The third-order valence-corrected chi connectivity index (χ3v) is 6.85. The molecule has 1 aromatic heterocycles. The van der Waals surface area contributed by atoms with Crippen molar-refractivity contribution in [3.8, 4) is 0 Å². The molecule has 0 radical (unpaired) electrons. The van der Waals surface area contributed by atoms with Gasteiger partial charge >= 0.3 is 0 Å². The number of methoxy groups -OCH3 is 1. The number of ether oxygens (including phenoxy) is 1. The molecule has 2 aliphatic carbocycles. The minimum absolute atomic E-state index is 0.0580. The van der Waals surface area contributed by atoms with E-state index in [1.54, 1.807) is 7.11 Å². The normalized spacial score (nSPS) is 24.5. The fraction of sp³-hybridized carbons (Fsp3) is 0.667. The van der Waals surface area contributed by atoms with Crippen molar-refractivity contribution in [1.82, 2.24) is 10.2 Å². The molecular weight excluding hydrogens is 324 g/mol. The van der Waals surface area contributed by atoms with E-state index in [1.807, 2.05) is 22.4 Å². The van der Waals surface area contributed by atoms with Crippen molar-refractivity contribution in [1.29, 1.82) is 0 Å². The second kappa shape index (κ2) is 5.85. The van der Waals surface area contributed by atoms with Gasteiger partial charge in [0.15, 0.2) is 0 Å². The lowest BCUT2D eigenvalue weighted by molar-refractivity contribution is -0.136. The number of nitrogens with one attached hydrogen (secondary N) is 1. The van der Waals surface area contributed by atoms with Crippen molar-refractivity contribution >= 4 is 23.2 Å². The molecule has 1 aromatic rings. The van der Waals surface area contributed by atoms with Crippen molar-refractivity contribution in [3.63, 3.8) is 0 Å². The zero-order valence-electron chi connectivity index (χ0n) is 14.0. The van der Waals surface area contributed by atoms with Crippen LogP contribution in [0, 0.1) is 5.92 Å². The Bertz CT molecular complexity index is 627. The number of carbonyl (C=O) groups excluding carboxylic acids is 2. The van der Waals surface area contributed by atoms with Crippen molar-refractivity contribution in [3.05, 3.63) is 22.4 Å². The first-order valence-corrected chi connectivity index (χ1v) is 9.67. The highest BCUT2D eigenvalue weighted by Gasteiger charge is 2.66. The van der Waals surface area contributed by atoms with Crippen LogP contribution >= 0.6 is 11.3 Å². The summed E-state index contributed by atoms with van der Waals surface area (Å²) in [6, 6.07) is 3.75. The molecule has 0 bridgehead atoms. The van der Waals surface area contributed by atoms with Crippen molar-refractivity contribution in [2.45, 2.75) is 49.7 Å². The highest BCUT2D eigenvalue weighted by atomic mass is 32.1. The summed E-state index contributed by atoms with van der Waals surface area (Å²) in [4.78, 5) is 27.8. The maximum Gasteiger partial charge on any atom is 0.264 e. The predicted octanol–water partition coefficient (Wildman–Crippen LogP) is 2.43. The highest BCUT2D eigenvalue weighted by Crippen LogP contribution is 2.52. The molecule has 1 saturated heterocycles. The molecule has 24 heavy (non-hydrogen) atoms. The third kappa shape index (κ3) is 2.47. The summed E-state index contributed by atoms with van der Waals surface area (Å²) in [5, 5.41) is 5.22. The first kappa shape index (κ1) is 16.1. The number of carbonyl (C=O) groups is 2. The zero-order chi connectivity index (χ0) is 16.8. The number of rotatable bonds is 5. The molecule has 1 aliphatic heterocycles. The van der Waals surface area contributed by atoms with E-state index in [9.17, 15) is 9.59 Å². The number of hydrogen-bond acceptors (Lipinski definition) is 4. The van der Waals surface area contributed by atoms with Crippen LogP contribution in [0.2, 0.25) is 0 Å². The van der Waals surface area contributed by atoms with E-state index in [-0.39, 0.29) is 23.3 Å². The molecule has 5 nitrogen and oxygen atoms in total. The van der Waals surface area contributed by atoms with Gasteiger partial charge in [0.1, 0.15) is 5.54 Å². The second-order valence-corrected chi connectivity index (χ2v) is 8.34. The quantitative estimate of drug-likeness (QED) is 0.889. The van der Waals surface area contributed by atoms with Gasteiger partial charge in [0.25, 0.3) is 5.91 Å². The SMILES string of the molecule is COC1(C2(NC(=O)C3CCCC3)CN(C(=O)c3cccs3)C2)CC1. The van der Waals surface area contributed by atoms with Gasteiger partial charge in [-0.3, -0.25) is 9.59 Å². The summed E-state index contributed by atoms with van der Waals surface area (Å²) < 4.78 is 5.79. The topological polar surface area (TPSA) is 58.6 Å². The summed E-state index contributed by atoms with van der Waals surface area (Å²) >= 11 is 1.46. The van der Waals surface area contributed by atoms with Gasteiger partial charge in [0, 0.05) is 26.1 Å². The molecule has 0 atom stereocenters. The maximum atomic E-state index is 12.7. The summed E-state index contributed by atoms with van der Waals surface area (Å²) in [5.41, 5.74) is -0.693. The average molecular weight is 348 g/mol. The lowest BCUT2D eigenvalue weighted by atomic mass is 9.80. The van der Waals surface area contributed by atoms with Crippen molar-refractivity contribution in [2.75, 3.05) is 20.2 Å². The van der Waals surface area contributed by atoms with Crippen molar-refractivity contribution < 1.29 is 14.3 Å². The lowest BCUT2D eigenvalue weighted by Crippen LogP contribution is -2.77. The maximum absolute atomic E-state index is 12.7. The Hall–Kier alpha value is -1.40. The van der Waals surface area contributed by atoms with Gasteiger partial charge in [-0.05, 0) is 37.1 Å². The Balaban J connectivity index is 1.48. The molecule has 3 aliphatic rings. The Morgan fingerprint density at radius 3 is 2.54 bits per heavy atom. The predicted molar refractivity (Wildman–Crippen MR) is 92.0 cm³/mol. The van der Waals surface area contributed by atoms with Gasteiger partial charge < -0.3 is 15.0 Å². The van der Waals surface area contributed by atoms with Crippen LogP contribution in [-0.4, -0.2) is 48.1 Å². The van der Waals surface area contributed by atoms with E-state index in [4.69, 9.17) is 4.74 Å². The van der Waals surface area contributed by atoms with Gasteiger partial charge in [-0.2, -0.15) is 0 Å². The van der Waals surface area contributed by atoms with E-state index < -0.39 is 5.54 Å². The van der Waals surface area contributed by atoms with E-state index in [2.05, 4.69) is 5.32 Å². The summed E-state index contributed by atoms with van der Waals surface area (Å²) in [7, 11) is 1.72. The number of amides is 2. The molecule has 0 spiro atoms. The molecule has 0 unspecified atom stereocenters. The lowest BCUT2D eigenvalue weighted by Gasteiger charge is -2.54. The Kier molecular flexibility index (Phi) is 3.92. The van der Waals surface area contributed by atoms with Gasteiger partial charge in [-0.25, -0.2) is 0 Å². The minimum Gasteiger partial charge on any atom is -0.376 e. The van der Waals surface area contributed by atoms with Crippen LogP contribution in [0.25, 0.3) is 0 Å². The van der Waals surface area contributed by atoms with Crippen molar-refractivity contribution in [2.24, 2.45) is 5.92 Å². The van der Waals surface area contributed by atoms with Gasteiger partial charge in [-0.15, -0.1) is 11.3 Å². The first-order valence-electron chi connectivity index (χ1n) is 8.79. The second-order valence-electron chi connectivity index (χ2n) is 7.39. The van der Waals surface area contributed by atoms with Crippen LogP contribution in [-0.2, 0) is 9.53 Å². The summed E-state index contributed by atoms with van der Waals surface area (Å²) in [5.74, 6) is 0.346. The summed E-state index contributed by atoms with van der Waals surface area (Å²) in [6.45, 7) is 1.10. The van der Waals surface area contributed by atoms with Gasteiger partial charge in [0.2, 0.25) is 5.91 Å². The summed E-state index contributed by atoms with van der Waals surface area (Å²) in [6.07, 6.45) is 6.16. The van der Waals surface area contributed by atoms with E-state index in [0.717, 1.165) is 43.4 Å². The molecule has 130 valence electrons. The van der Waals surface area contributed by atoms with E-state index in [1.165, 1.54) is 11.3 Å². The molecule has 4 rings (SSSR count). The third-order valence-electron chi connectivity index (χ3n) is 6.00. The smallest absolute Gasteiger partial charge is 0.264 e. The molecule has 6 heteroatoms. The fourth-order valence-corrected chi connectivity index (χ4v) is 4.99. The Morgan fingerprint density at radius 1 is 1.29 bits per heavy atom. The number of thiophene rings is 1. The molecule has 2 amide bonds. The molecule has 2 saturated carbocycles. The van der Waals surface area contributed by atoms with Crippen LogP contribution in [0.3, 0.4) is 0 Å². The van der Waals surface area contributed by atoms with Crippen LogP contribution < -0.4 is 5.32 Å². The molecule has 3 fully saturated rings. The molecular formula is C18H24N2O3S. The van der Waals surface area contributed by atoms with Crippen LogP contribution in [0.5, 0.6) is 0 Å². The van der Waals surface area contributed by atoms with Crippen LogP contribution in [0.1, 0.15) is 48.2 Å². The fourth-order valence-electron chi connectivity index (χ4n) is 4.30. The zero-order valence-corrected chi connectivity index (χ0v) is 14.9. The molecule has 1 N–H and O–H groups in total. The molecule has 2 heterocycles. The minimum atomic E-state index is -0.408. The average Bonchev–Trinajstić information content (AvgIpc) is 2.98. The largest absolute Gasteiger partial charge is 0.376 e. The standard InChI is InChI=1S/C18H24N2O3S/c1-23-18(8-9-18)17(19-15(21)13-5-2-3-6-13)11-20(12-17)16(22)14-7-4-10-24-14/h4,7,10,13H,2-3,5-6,8-9,11-12H2,1H3,(H,19,21). The Labute approximate surface area is 146 Å². The monoisotopic (exact) mass is 348 g/mol. The highest BCUT2D eigenvalue weighted by molar-refractivity contribution is 7.12. The van der Waals surface area contributed by atoms with Crippen LogP contribution in [0.15, 0.2) is 17.5 Å². The van der Waals surface area contributed by atoms with E-state index >= 15 is 0 Å². The first-order chi connectivity index (χ1) is 11.6. The number of likely N-dealkylation sites (tertiary alicyclic amines) is 1. The van der Waals surface area contributed by atoms with Gasteiger partial charge in [-0.1, -0.05) is 18.9 Å². The van der Waals surface area contributed by atoms with E-state index in [0.29, 0.717) is 13.1 Å². The number of hydrogen-bond donors (Lipinski definition) is 1. The van der Waals surface area contributed by atoms with Gasteiger partial charge in [0.05, 0.1) is 10.5 Å². The van der Waals surface area contributed by atoms with Crippen LogP contribution in [0.4, 0.5) is 0 Å². The number of nitrogens with zero attached hydrogens (tertiary/aromatic N) is 1. The molecule has 0 aromatic carbocycles. The Morgan fingerprint density at radius 2 is 2.00 bits per heavy atom.